The fraction of sp³-hybridized carbons (Fsp3) is 0.917. The predicted octanol–water partition coefficient (Wildman–Crippen LogP) is 1.38. The molecule has 3 heteroatoms. The Hall–Kier alpha value is -0.410. The van der Waals surface area contributed by atoms with E-state index in [1.165, 1.54) is 0 Å². The predicted molar refractivity (Wildman–Crippen MR) is 63.0 cm³/mol. The van der Waals surface area contributed by atoms with E-state index in [0.717, 1.165) is 19.6 Å². The van der Waals surface area contributed by atoms with Crippen LogP contribution in [0.15, 0.2) is 0 Å². The van der Waals surface area contributed by atoms with Crippen LogP contribution in [0.3, 0.4) is 0 Å². The molecule has 0 N–H and O–H groups in total. The number of hydrogen-bond acceptors (Lipinski definition) is 3. The van der Waals surface area contributed by atoms with Crippen molar-refractivity contribution in [2.45, 2.75) is 45.7 Å². The van der Waals surface area contributed by atoms with Crippen molar-refractivity contribution in [1.29, 1.82) is 0 Å². The molecule has 0 saturated carbocycles. The molecule has 15 heavy (non-hydrogen) atoms. The molecule has 3 nitrogen and oxygen atoms in total. The van der Waals surface area contributed by atoms with Gasteiger partial charge in [0.25, 0.3) is 0 Å². The topological polar surface area (TPSA) is 23.6 Å². The van der Waals surface area contributed by atoms with Crippen molar-refractivity contribution in [3.8, 4) is 0 Å². The Bertz CT molecular complexity index is 238. The van der Waals surface area contributed by atoms with Crippen molar-refractivity contribution in [3.05, 3.63) is 0 Å². The Morgan fingerprint density at radius 1 is 1.40 bits per heavy atom. The third-order valence-corrected chi connectivity index (χ3v) is 3.71. The molecule has 1 aliphatic rings. The van der Waals surface area contributed by atoms with Crippen LogP contribution in [0.25, 0.3) is 0 Å². The first kappa shape index (κ1) is 12.7. The Morgan fingerprint density at radius 3 is 2.47 bits per heavy atom. The van der Waals surface area contributed by atoms with Gasteiger partial charge in [-0.2, -0.15) is 0 Å². The second-order valence-electron chi connectivity index (χ2n) is 5.20. The zero-order chi connectivity index (χ0) is 11.6. The minimum Gasteiger partial charge on any atom is -0.299 e. The Kier molecular flexibility index (Phi) is 3.90. The summed E-state index contributed by atoms with van der Waals surface area (Å²) in [7, 11) is 2.16. The van der Waals surface area contributed by atoms with Crippen LogP contribution in [0.1, 0.15) is 34.1 Å². The maximum atomic E-state index is 11.6. The molecule has 1 aliphatic heterocycles. The minimum absolute atomic E-state index is 0.0861. The van der Waals surface area contributed by atoms with Crippen LogP contribution in [0.2, 0.25) is 0 Å². The molecule has 0 aromatic carbocycles. The van der Waals surface area contributed by atoms with Gasteiger partial charge in [-0.15, -0.1) is 0 Å². The average molecular weight is 212 g/mol. The Morgan fingerprint density at radius 2 is 2.00 bits per heavy atom. The van der Waals surface area contributed by atoms with Crippen molar-refractivity contribution in [2.75, 3.05) is 26.7 Å². The van der Waals surface area contributed by atoms with E-state index in [2.05, 4.69) is 30.7 Å². The largest absolute Gasteiger partial charge is 0.299 e. The first-order valence-electron chi connectivity index (χ1n) is 5.86. The summed E-state index contributed by atoms with van der Waals surface area (Å²) in [5.41, 5.74) is 0.181. The summed E-state index contributed by atoms with van der Waals surface area (Å²) in [4.78, 5) is 16.3. The summed E-state index contributed by atoms with van der Waals surface area (Å²) in [6.07, 6.45) is 0.647. The van der Waals surface area contributed by atoms with Crippen molar-refractivity contribution in [3.63, 3.8) is 0 Å². The highest BCUT2D eigenvalue weighted by Crippen LogP contribution is 2.20. The third kappa shape index (κ3) is 2.79. The van der Waals surface area contributed by atoms with Crippen LogP contribution in [0.4, 0.5) is 0 Å². The maximum absolute atomic E-state index is 11.6. The van der Waals surface area contributed by atoms with Crippen molar-refractivity contribution in [2.24, 2.45) is 0 Å². The molecule has 1 rings (SSSR count). The van der Waals surface area contributed by atoms with Gasteiger partial charge in [0, 0.05) is 31.6 Å². The van der Waals surface area contributed by atoms with E-state index in [1.54, 1.807) is 0 Å². The molecular weight excluding hydrogens is 188 g/mol. The number of ketones is 1. The maximum Gasteiger partial charge on any atom is 0.149 e. The Labute approximate surface area is 93.4 Å². The van der Waals surface area contributed by atoms with Gasteiger partial charge in [0.05, 0.1) is 6.04 Å². The summed E-state index contributed by atoms with van der Waals surface area (Å²) in [6, 6.07) is 0.0861. The van der Waals surface area contributed by atoms with Gasteiger partial charge in [-0.1, -0.05) is 6.92 Å². The number of carbonyl (C=O) groups is 1. The van der Waals surface area contributed by atoms with E-state index < -0.39 is 0 Å². The number of carbonyl (C=O) groups excluding carboxylic acids is 1. The van der Waals surface area contributed by atoms with E-state index in [-0.39, 0.29) is 11.6 Å². The minimum atomic E-state index is 0.0861. The fourth-order valence-electron chi connectivity index (χ4n) is 2.11. The molecule has 0 radical (unpaired) electrons. The zero-order valence-corrected chi connectivity index (χ0v) is 10.7. The second-order valence-corrected chi connectivity index (χ2v) is 5.20. The number of nitrogens with zero attached hydrogens (tertiary/aromatic N) is 2. The van der Waals surface area contributed by atoms with Gasteiger partial charge in [-0.25, -0.2) is 0 Å². The highest BCUT2D eigenvalue weighted by molar-refractivity contribution is 5.83. The molecule has 0 aromatic heterocycles. The number of hydrogen-bond donors (Lipinski definition) is 0. The third-order valence-electron chi connectivity index (χ3n) is 3.71. The second kappa shape index (κ2) is 4.62. The van der Waals surface area contributed by atoms with Gasteiger partial charge < -0.3 is 0 Å². The van der Waals surface area contributed by atoms with Crippen molar-refractivity contribution < 1.29 is 4.79 Å². The van der Waals surface area contributed by atoms with Crippen LogP contribution in [-0.4, -0.2) is 53.8 Å². The summed E-state index contributed by atoms with van der Waals surface area (Å²) >= 11 is 0. The fourth-order valence-corrected chi connectivity index (χ4v) is 2.11. The first-order valence-corrected chi connectivity index (χ1v) is 5.86. The number of piperazine rings is 1. The lowest BCUT2D eigenvalue weighted by Crippen LogP contribution is -2.60. The standard InChI is InChI=1S/C12H24N2O/c1-6-11(15)10(2)14-8-7-13(5)12(3,4)9-14/h10H,6-9H2,1-5H3. The van der Waals surface area contributed by atoms with E-state index in [9.17, 15) is 4.79 Å². The van der Waals surface area contributed by atoms with Gasteiger partial charge in [0.15, 0.2) is 0 Å². The molecule has 1 fully saturated rings. The molecule has 1 atom stereocenters. The van der Waals surface area contributed by atoms with Crippen LogP contribution in [0.5, 0.6) is 0 Å². The van der Waals surface area contributed by atoms with Crippen molar-refractivity contribution in [1.82, 2.24) is 9.80 Å². The van der Waals surface area contributed by atoms with Crippen LogP contribution in [0, 0.1) is 0 Å². The zero-order valence-electron chi connectivity index (χ0n) is 10.7. The lowest BCUT2D eigenvalue weighted by atomic mass is 9.97. The molecule has 88 valence electrons. The lowest BCUT2D eigenvalue weighted by Gasteiger charge is -2.47. The highest BCUT2D eigenvalue weighted by Gasteiger charge is 2.34. The summed E-state index contributed by atoms with van der Waals surface area (Å²) in [5.74, 6) is 0.357. The number of likely N-dealkylation sites (N-methyl/N-ethyl adjacent to an activating group) is 1. The molecule has 0 bridgehead atoms. The summed E-state index contributed by atoms with van der Waals surface area (Å²) in [5, 5.41) is 0. The average Bonchev–Trinajstić information content (AvgIpc) is 2.19. The molecule has 0 spiro atoms. The normalized spacial score (nSPS) is 25.1. The van der Waals surface area contributed by atoms with Crippen molar-refractivity contribution >= 4 is 5.78 Å². The van der Waals surface area contributed by atoms with Gasteiger partial charge >= 0.3 is 0 Å². The van der Waals surface area contributed by atoms with E-state index in [4.69, 9.17) is 0 Å². The van der Waals surface area contributed by atoms with Gasteiger partial charge in [0.2, 0.25) is 0 Å². The van der Waals surface area contributed by atoms with E-state index in [1.807, 2.05) is 13.8 Å². The van der Waals surface area contributed by atoms with Gasteiger partial charge in [-0.3, -0.25) is 14.6 Å². The molecule has 0 aromatic rings. The highest BCUT2D eigenvalue weighted by atomic mass is 16.1. The first-order chi connectivity index (χ1) is 6.88. The quantitative estimate of drug-likeness (QED) is 0.706. The molecule has 0 aliphatic carbocycles. The number of Topliss-reactive ketones (excluding diaryl/α,β-unsaturated/α-hetero) is 1. The Balaban J connectivity index is 2.63. The van der Waals surface area contributed by atoms with Gasteiger partial charge in [0.1, 0.15) is 5.78 Å². The summed E-state index contributed by atoms with van der Waals surface area (Å²) < 4.78 is 0. The summed E-state index contributed by atoms with van der Waals surface area (Å²) in [6.45, 7) is 11.5. The van der Waals surface area contributed by atoms with Crippen LogP contribution in [-0.2, 0) is 4.79 Å². The molecule has 0 amide bonds. The van der Waals surface area contributed by atoms with Gasteiger partial charge in [-0.05, 0) is 27.8 Å². The number of rotatable bonds is 3. The lowest BCUT2D eigenvalue weighted by molar-refractivity contribution is -0.125. The molecule has 1 heterocycles. The molecular formula is C12H24N2O. The van der Waals surface area contributed by atoms with E-state index >= 15 is 0 Å². The van der Waals surface area contributed by atoms with Crippen LogP contribution < -0.4 is 0 Å². The molecule has 1 unspecified atom stereocenters. The SMILES string of the molecule is CCC(=O)C(C)N1CCN(C)C(C)(C)C1. The monoisotopic (exact) mass is 212 g/mol. The molecule has 1 saturated heterocycles. The van der Waals surface area contributed by atoms with E-state index in [0.29, 0.717) is 12.2 Å². The van der Waals surface area contributed by atoms with Crippen LogP contribution >= 0.6 is 0 Å². The smallest absolute Gasteiger partial charge is 0.149 e.